The van der Waals surface area contributed by atoms with E-state index in [-0.39, 0.29) is 5.82 Å². The van der Waals surface area contributed by atoms with Crippen molar-refractivity contribution < 1.29 is 13.9 Å². The number of aromatic nitrogens is 3. The second-order valence-corrected chi connectivity index (χ2v) is 7.59. The summed E-state index contributed by atoms with van der Waals surface area (Å²) in [6, 6.07) is 14.5. The summed E-state index contributed by atoms with van der Waals surface area (Å²) in [4.78, 5) is 8.81. The van der Waals surface area contributed by atoms with Crippen molar-refractivity contribution in [2.45, 2.75) is 44.3 Å². The van der Waals surface area contributed by atoms with Gasteiger partial charge < -0.3 is 19.4 Å². The van der Waals surface area contributed by atoms with E-state index in [1.54, 1.807) is 31.0 Å². The normalized spacial score (nSPS) is 9.73. The number of rotatable bonds is 9. The van der Waals surface area contributed by atoms with Crippen molar-refractivity contribution in [1.29, 1.82) is 0 Å². The molecule has 1 aromatic heterocycles. The number of ether oxygens (including phenoxy) is 1. The van der Waals surface area contributed by atoms with Gasteiger partial charge in [-0.15, -0.1) is 16.8 Å². The molecule has 1 heterocycles. The Morgan fingerprint density at radius 2 is 1.85 bits per heavy atom. The molecule has 0 bridgehead atoms. The van der Waals surface area contributed by atoms with Gasteiger partial charge in [-0.1, -0.05) is 55.1 Å². The van der Waals surface area contributed by atoms with Gasteiger partial charge in [-0.05, 0) is 37.7 Å². The van der Waals surface area contributed by atoms with E-state index in [1.807, 2.05) is 31.3 Å². The molecule has 0 amide bonds. The van der Waals surface area contributed by atoms with Crippen LogP contribution in [0.2, 0.25) is 0 Å². The molecule has 2 aromatic carbocycles. The standard InChI is InChI=1S/C14H16FN3S.C9H13NO.C2H4O/c1-3-9-18-13(4-2)16-17-14(18)19-10-11-5-7-12(15)8-6-11;1-10-7-8-5-3-4-6-9(8)11-2;1-2-3/h3,5-8H,1,4,9-10H2,2H3;3-6,10H,7H2,1-2H3;2H,1H3. The Bertz CT molecular complexity index is 961. The molecule has 0 saturated heterocycles. The molecule has 0 aliphatic carbocycles. The van der Waals surface area contributed by atoms with Crippen LogP contribution in [0, 0.1) is 5.82 Å². The van der Waals surface area contributed by atoms with Crippen LogP contribution in [0.1, 0.15) is 30.8 Å². The number of methoxy groups -OCH3 is 1. The largest absolute Gasteiger partial charge is 0.496 e. The van der Waals surface area contributed by atoms with E-state index in [4.69, 9.17) is 9.53 Å². The maximum atomic E-state index is 12.8. The minimum absolute atomic E-state index is 0.211. The summed E-state index contributed by atoms with van der Waals surface area (Å²) in [5.41, 5.74) is 2.26. The number of thioether (sulfide) groups is 1. The second kappa shape index (κ2) is 16.6. The molecule has 0 aliphatic rings. The Morgan fingerprint density at radius 1 is 1.18 bits per heavy atom. The highest BCUT2D eigenvalue weighted by molar-refractivity contribution is 7.98. The van der Waals surface area contributed by atoms with E-state index in [2.05, 4.69) is 39.7 Å². The van der Waals surface area contributed by atoms with E-state index < -0.39 is 0 Å². The number of hydrogen-bond donors (Lipinski definition) is 1. The molecule has 0 spiro atoms. The lowest BCUT2D eigenvalue weighted by Crippen LogP contribution is -2.06. The van der Waals surface area contributed by atoms with Crippen LogP contribution < -0.4 is 10.1 Å². The van der Waals surface area contributed by atoms with Gasteiger partial charge in [0.15, 0.2) is 5.16 Å². The first-order valence-corrected chi connectivity index (χ1v) is 11.6. The van der Waals surface area contributed by atoms with Gasteiger partial charge in [-0.3, -0.25) is 0 Å². The van der Waals surface area contributed by atoms with E-state index in [0.29, 0.717) is 6.54 Å². The Morgan fingerprint density at radius 3 is 2.42 bits per heavy atom. The van der Waals surface area contributed by atoms with Gasteiger partial charge in [0.05, 0.1) is 7.11 Å². The first-order chi connectivity index (χ1) is 16.0. The molecule has 0 aliphatic heterocycles. The molecule has 1 N–H and O–H groups in total. The number of aryl methyl sites for hydroxylation is 1. The zero-order valence-corrected chi connectivity index (χ0v) is 20.6. The zero-order valence-electron chi connectivity index (χ0n) is 19.8. The minimum atomic E-state index is -0.211. The number of carbonyl (C=O) groups excluding carboxylic acids is 1. The van der Waals surface area contributed by atoms with Crippen LogP contribution in [-0.4, -0.2) is 35.2 Å². The van der Waals surface area contributed by atoms with Crippen molar-refractivity contribution in [3.63, 3.8) is 0 Å². The lowest BCUT2D eigenvalue weighted by molar-refractivity contribution is -0.106. The van der Waals surface area contributed by atoms with E-state index >= 15 is 0 Å². The predicted octanol–water partition coefficient (Wildman–Crippen LogP) is 5.08. The molecule has 0 atom stereocenters. The van der Waals surface area contributed by atoms with E-state index in [0.717, 1.165) is 47.3 Å². The monoisotopic (exact) mass is 472 g/mol. The van der Waals surface area contributed by atoms with E-state index in [1.165, 1.54) is 24.6 Å². The van der Waals surface area contributed by atoms with Crippen molar-refractivity contribution in [2.24, 2.45) is 0 Å². The topological polar surface area (TPSA) is 69.0 Å². The maximum absolute atomic E-state index is 12.8. The molecule has 6 nitrogen and oxygen atoms in total. The Kier molecular flexibility index (Phi) is 14.1. The van der Waals surface area contributed by atoms with Gasteiger partial charge in [-0.2, -0.15) is 0 Å². The van der Waals surface area contributed by atoms with Gasteiger partial charge in [0.25, 0.3) is 0 Å². The summed E-state index contributed by atoms with van der Waals surface area (Å²) in [6.45, 7) is 8.81. The highest BCUT2D eigenvalue weighted by atomic mass is 32.2. The number of para-hydroxylation sites is 1. The van der Waals surface area contributed by atoms with Gasteiger partial charge in [0.2, 0.25) is 0 Å². The molecular weight excluding hydrogens is 439 g/mol. The third-order valence-corrected chi connectivity index (χ3v) is 5.30. The summed E-state index contributed by atoms with van der Waals surface area (Å²) in [7, 11) is 3.61. The first kappa shape index (κ1) is 28.1. The highest BCUT2D eigenvalue weighted by Gasteiger charge is 2.10. The van der Waals surface area contributed by atoms with Crippen molar-refractivity contribution in [1.82, 2.24) is 20.1 Å². The summed E-state index contributed by atoms with van der Waals surface area (Å²) in [5, 5.41) is 12.3. The molecule has 0 unspecified atom stereocenters. The van der Waals surface area contributed by atoms with Crippen LogP contribution in [0.15, 0.2) is 66.3 Å². The molecular formula is C25H33FN4O2S. The number of hydrogen-bond acceptors (Lipinski definition) is 6. The third kappa shape index (κ3) is 10.0. The SMILES string of the molecule is C=CCn1c(CC)nnc1SCc1ccc(F)cc1.CC=O.CNCc1ccccc1OC. The lowest BCUT2D eigenvalue weighted by Gasteiger charge is -2.06. The number of benzene rings is 2. The minimum Gasteiger partial charge on any atom is -0.496 e. The number of allylic oxidation sites excluding steroid dienone is 1. The second-order valence-electron chi connectivity index (χ2n) is 6.64. The average Bonchev–Trinajstić information content (AvgIpc) is 3.22. The van der Waals surface area contributed by atoms with Crippen LogP contribution in [0.4, 0.5) is 4.39 Å². The zero-order chi connectivity index (χ0) is 24.5. The van der Waals surface area contributed by atoms with Crippen molar-refractivity contribution in [3.8, 4) is 5.75 Å². The highest BCUT2D eigenvalue weighted by Crippen LogP contribution is 2.22. The van der Waals surface area contributed by atoms with Crippen molar-refractivity contribution in [2.75, 3.05) is 14.2 Å². The predicted molar refractivity (Wildman–Crippen MR) is 133 cm³/mol. The van der Waals surface area contributed by atoms with Gasteiger partial charge >= 0.3 is 0 Å². The van der Waals surface area contributed by atoms with Crippen LogP contribution in [0.25, 0.3) is 0 Å². The summed E-state index contributed by atoms with van der Waals surface area (Å²) < 4.78 is 20.0. The van der Waals surface area contributed by atoms with Gasteiger partial charge in [0, 0.05) is 30.8 Å². The molecule has 0 saturated carbocycles. The third-order valence-electron chi connectivity index (χ3n) is 4.26. The van der Waals surface area contributed by atoms with Gasteiger partial charge in [0.1, 0.15) is 23.7 Å². The van der Waals surface area contributed by atoms with Crippen LogP contribution >= 0.6 is 11.8 Å². The molecule has 3 rings (SSSR count). The number of nitrogens with one attached hydrogen (secondary N) is 1. The Labute approximate surface area is 200 Å². The fourth-order valence-electron chi connectivity index (χ4n) is 2.77. The molecule has 0 fully saturated rings. The molecule has 33 heavy (non-hydrogen) atoms. The number of aldehydes is 1. The van der Waals surface area contributed by atoms with Crippen LogP contribution in [-0.2, 0) is 30.1 Å². The fourth-order valence-corrected chi connectivity index (χ4v) is 3.69. The number of halogens is 1. The lowest BCUT2D eigenvalue weighted by atomic mass is 10.2. The number of carbonyl (C=O) groups is 1. The first-order valence-electron chi connectivity index (χ1n) is 10.6. The number of nitrogens with zero attached hydrogens (tertiary/aromatic N) is 3. The molecule has 0 radical (unpaired) electrons. The van der Waals surface area contributed by atoms with Crippen LogP contribution in [0.5, 0.6) is 5.75 Å². The van der Waals surface area contributed by atoms with Crippen molar-refractivity contribution >= 4 is 18.0 Å². The van der Waals surface area contributed by atoms with Gasteiger partial charge in [-0.25, -0.2) is 4.39 Å². The summed E-state index contributed by atoms with van der Waals surface area (Å²) in [5.74, 6) is 2.44. The molecule has 3 aromatic rings. The summed E-state index contributed by atoms with van der Waals surface area (Å²) in [6.07, 6.45) is 3.43. The van der Waals surface area contributed by atoms with E-state index in [9.17, 15) is 4.39 Å². The average molecular weight is 473 g/mol. The summed E-state index contributed by atoms with van der Waals surface area (Å²) >= 11 is 1.60. The van der Waals surface area contributed by atoms with Crippen LogP contribution in [0.3, 0.4) is 0 Å². The fraction of sp³-hybridized carbons (Fsp3) is 0.320. The Balaban J connectivity index is 0.000000329. The maximum Gasteiger partial charge on any atom is 0.191 e. The Hall–Kier alpha value is -2.97. The van der Waals surface area contributed by atoms with Crippen molar-refractivity contribution in [3.05, 3.63) is 84.0 Å². The smallest absolute Gasteiger partial charge is 0.191 e. The molecule has 8 heteroatoms. The quantitative estimate of drug-likeness (QED) is 0.266. The molecule has 178 valence electrons.